The highest BCUT2D eigenvalue weighted by Gasteiger charge is 2.24. The highest BCUT2D eigenvalue weighted by molar-refractivity contribution is 8.01. The quantitative estimate of drug-likeness (QED) is 0.783. The molecule has 3 rings (SSSR count). The Kier molecular flexibility index (Phi) is 4.63. The lowest BCUT2D eigenvalue weighted by atomic mass is 10.3. The first kappa shape index (κ1) is 15.3. The summed E-state index contributed by atoms with van der Waals surface area (Å²) in [5.74, 6) is 1.38. The van der Waals surface area contributed by atoms with Crippen molar-refractivity contribution >= 4 is 34.8 Å². The van der Waals surface area contributed by atoms with Crippen LogP contribution in [0.1, 0.15) is 11.4 Å². The number of thioether (sulfide) groups is 1. The van der Waals surface area contributed by atoms with Crippen molar-refractivity contribution in [3.05, 3.63) is 16.8 Å². The van der Waals surface area contributed by atoms with Gasteiger partial charge in [0, 0.05) is 37.3 Å². The summed E-state index contributed by atoms with van der Waals surface area (Å²) in [6.45, 7) is 6.73. The number of piperazine rings is 1. The van der Waals surface area contributed by atoms with Gasteiger partial charge in [0.2, 0.25) is 5.91 Å². The van der Waals surface area contributed by atoms with Crippen molar-refractivity contribution in [3.8, 4) is 0 Å². The summed E-state index contributed by atoms with van der Waals surface area (Å²) in [6, 6.07) is 0. The minimum atomic E-state index is 0.160. The number of carbonyl (C=O) groups excluding carboxylic acids is 1. The molecule has 22 heavy (non-hydrogen) atoms. The standard InChI is InChI=1S/C13H17N5O2S2/c1-9-7-21-13(14-9)22-8-11(19)17-3-5-18(6-4-17)12-10(2)15-20-16-12/h7H,3-6,8H2,1-2H3. The lowest BCUT2D eigenvalue weighted by Crippen LogP contribution is -2.49. The molecule has 7 nitrogen and oxygen atoms in total. The molecular weight excluding hydrogens is 322 g/mol. The zero-order chi connectivity index (χ0) is 15.5. The number of anilines is 1. The highest BCUT2D eigenvalue weighted by Crippen LogP contribution is 2.23. The van der Waals surface area contributed by atoms with Crippen molar-refractivity contribution in [2.24, 2.45) is 0 Å². The van der Waals surface area contributed by atoms with E-state index >= 15 is 0 Å². The first-order valence-corrected chi connectivity index (χ1v) is 8.87. The van der Waals surface area contributed by atoms with E-state index in [1.54, 1.807) is 11.3 Å². The van der Waals surface area contributed by atoms with E-state index in [4.69, 9.17) is 4.63 Å². The molecule has 0 spiro atoms. The number of aromatic nitrogens is 3. The van der Waals surface area contributed by atoms with E-state index in [1.165, 1.54) is 11.8 Å². The SMILES string of the molecule is Cc1csc(SCC(=O)N2CCN(c3nonc3C)CC2)n1. The maximum absolute atomic E-state index is 12.3. The molecule has 2 aromatic heterocycles. The third kappa shape index (κ3) is 3.41. The van der Waals surface area contributed by atoms with E-state index in [9.17, 15) is 4.79 Å². The van der Waals surface area contributed by atoms with Crippen molar-refractivity contribution < 1.29 is 9.42 Å². The van der Waals surface area contributed by atoms with Crippen LogP contribution in [0.15, 0.2) is 14.3 Å². The minimum absolute atomic E-state index is 0.160. The largest absolute Gasteiger partial charge is 0.349 e. The van der Waals surface area contributed by atoms with Crippen LogP contribution >= 0.6 is 23.1 Å². The highest BCUT2D eigenvalue weighted by atomic mass is 32.2. The maximum Gasteiger partial charge on any atom is 0.233 e. The molecule has 0 bridgehead atoms. The van der Waals surface area contributed by atoms with E-state index in [2.05, 4.69) is 20.2 Å². The monoisotopic (exact) mass is 339 g/mol. The summed E-state index contributed by atoms with van der Waals surface area (Å²) < 4.78 is 5.68. The number of carbonyl (C=O) groups is 1. The van der Waals surface area contributed by atoms with Gasteiger partial charge < -0.3 is 9.80 Å². The van der Waals surface area contributed by atoms with Crippen LogP contribution in [0, 0.1) is 13.8 Å². The van der Waals surface area contributed by atoms with Gasteiger partial charge in [0.05, 0.1) is 5.75 Å². The Morgan fingerprint density at radius 3 is 2.68 bits per heavy atom. The summed E-state index contributed by atoms with van der Waals surface area (Å²) >= 11 is 3.09. The Labute approximate surface area is 136 Å². The summed E-state index contributed by atoms with van der Waals surface area (Å²) in [5.41, 5.74) is 1.79. The van der Waals surface area contributed by atoms with Crippen molar-refractivity contribution in [2.45, 2.75) is 18.2 Å². The Hall–Kier alpha value is -1.61. The molecule has 9 heteroatoms. The fourth-order valence-electron chi connectivity index (χ4n) is 2.29. The maximum atomic E-state index is 12.3. The summed E-state index contributed by atoms with van der Waals surface area (Å²) in [7, 11) is 0. The average Bonchev–Trinajstić information content (AvgIpc) is 3.13. The van der Waals surface area contributed by atoms with Gasteiger partial charge in [-0.1, -0.05) is 16.9 Å². The topological polar surface area (TPSA) is 75.4 Å². The van der Waals surface area contributed by atoms with Crippen LogP contribution in [0.2, 0.25) is 0 Å². The van der Waals surface area contributed by atoms with Crippen LogP contribution in [0.25, 0.3) is 0 Å². The van der Waals surface area contributed by atoms with Gasteiger partial charge in [0.15, 0.2) is 10.2 Å². The molecule has 0 unspecified atom stereocenters. The third-order valence-corrected chi connectivity index (χ3v) is 5.60. The molecule has 1 fully saturated rings. The zero-order valence-corrected chi connectivity index (χ0v) is 14.1. The number of rotatable bonds is 4. The van der Waals surface area contributed by atoms with Gasteiger partial charge in [-0.05, 0) is 19.0 Å². The molecule has 2 aromatic rings. The van der Waals surface area contributed by atoms with E-state index in [-0.39, 0.29) is 5.91 Å². The molecule has 1 saturated heterocycles. The van der Waals surface area contributed by atoms with Crippen molar-refractivity contribution in [2.75, 3.05) is 36.8 Å². The van der Waals surface area contributed by atoms with E-state index in [1.807, 2.05) is 24.1 Å². The molecule has 0 radical (unpaired) electrons. The van der Waals surface area contributed by atoms with Crippen LogP contribution in [-0.4, -0.2) is 58.0 Å². The van der Waals surface area contributed by atoms with E-state index < -0.39 is 0 Å². The van der Waals surface area contributed by atoms with Gasteiger partial charge >= 0.3 is 0 Å². The first-order chi connectivity index (χ1) is 10.6. The number of amides is 1. The van der Waals surface area contributed by atoms with Crippen LogP contribution < -0.4 is 4.90 Å². The molecule has 0 N–H and O–H groups in total. The van der Waals surface area contributed by atoms with Gasteiger partial charge in [-0.25, -0.2) is 9.61 Å². The normalized spacial score (nSPS) is 15.4. The Bertz CT molecular complexity index is 648. The van der Waals surface area contributed by atoms with Gasteiger partial charge in [0.25, 0.3) is 0 Å². The second-order valence-electron chi connectivity index (χ2n) is 5.08. The zero-order valence-electron chi connectivity index (χ0n) is 12.5. The van der Waals surface area contributed by atoms with Gasteiger partial charge in [0.1, 0.15) is 5.69 Å². The van der Waals surface area contributed by atoms with E-state index in [0.717, 1.165) is 34.6 Å². The number of hydrogen-bond acceptors (Lipinski definition) is 8. The van der Waals surface area contributed by atoms with Gasteiger partial charge in [-0.15, -0.1) is 11.3 Å². The predicted molar refractivity (Wildman–Crippen MR) is 85.4 cm³/mol. The van der Waals surface area contributed by atoms with Gasteiger partial charge in [-0.3, -0.25) is 4.79 Å². The second kappa shape index (κ2) is 6.66. The van der Waals surface area contributed by atoms with Crippen LogP contribution in [0.5, 0.6) is 0 Å². The molecule has 3 heterocycles. The second-order valence-corrected chi connectivity index (χ2v) is 7.17. The Balaban J connectivity index is 1.48. The van der Waals surface area contributed by atoms with Crippen LogP contribution in [-0.2, 0) is 4.79 Å². The Morgan fingerprint density at radius 2 is 2.09 bits per heavy atom. The van der Waals surface area contributed by atoms with Crippen molar-refractivity contribution in [1.82, 2.24) is 20.2 Å². The fourth-order valence-corrected chi connectivity index (χ4v) is 4.05. The average molecular weight is 339 g/mol. The molecule has 1 aliphatic heterocycles. The number of hydrogen-bond donors (Lipinski definition) is 0. The lowest BCUT2D eigenvalue weighted by molar-refractivity contribution is -0.128. The molecule has 1 aliphatic rings. The molecule has 0 saturated carbocycles. The summed E-state index contributed by atoms with van der Waals surface area (Å²) in [6.07, 6.45) is 0. The lowest BCUT2D eigenvalue weighted by Gasteiger charge is -2.34. The molecule has 1 amide bonds. The van der Waals surface area contributed by atoms with Crippen molar-refractivity contribution in [3.63, 3.8) is 0 Å². The van der Waals surface area contributed by atoms with E-state index in [0.29, 0.717) is 18.8 Å². The number of thiazole rings is 1. The minimum Gasteiger partial charge on any atom is -0.349 e. The predicted octanol–water partition coefficient (Wildman–Crippen LogP) is 1.58. The Morgan fingerprint density at radius 1 is 1.32 bits per heavy atom. The molecule has 0 aliphatic carbocycles. The number of nitrogens with zero attached hydrogens (tertiary/aromatic N) is 5. The molecule has 118 valence electrons. The van der Waals surface area contributed by atoms with Crippen molar-refractivity contribution in [1.29, 1.82) is 0 Å². The fraction of sp³-hybridized carbons (Fsp3) is 0.538. The van der Waals surface area contributed by atoms with Crippen LogP contribution in [0.4, 0.5) is 5.82 Å². The summed E-state index contributed by atoms with van der Waals surface area (Å²) in [4.78, 5) is 20.6. The molecule has 0 atom stereocenters. The molecular formula is C13H17N5O2S2. The van der Waals surface area contributed by atoms with Gasteiger partial charge in [-0.2, -0.15) is 0 Å². The smallest absolute Gasteiger partial charge is 0.233 e. The molecule has 0 aromatic carbocycles. The third-order valence-electron chi connectivity index (χ3n) is 3.48. The summed E-state index contributed by atoms with van der Waals surface area (Å²) in [5, 5.41) is 9.71. The number of aryl methyl sites for hydroxylation is 2. The van der Waals surface area contributed by atoms with Crippen LogP contribution in [0.3, 0.4) is 0 Å². The first-order valence-electron chi connectivity index (χ1n) is 7.00.